The maximum Gasteiger partial charge on any atom is 0.198 e. The molecule has 78 valence electrons. The predicted molar refractivity (Wildman–Crippen MR) is 56.3 cm³/mol. The number of carbonyl (C=O) groups is 1. The number of aromatic nitrogens is 3. The Morgan fingerprint density at radius 2 is 2.47 bits per heavy atom. The highest BCUT2D eigenvalue weighted by molar-refractivity contribution is 6.33. The van der Waals surface area contributed by atoms with E-state index in [0.29, 0.717) is 10.8 Å². The minimum absolute atomic E-state index is 0.133. The number of ketones is 1. The molecule has 0 aliphatic heterocycles. The molecular formula is C9H9ClN4O. The van der Waals surface area contributed by atoms with Crippen LogP contribution >= 0.6 is 11.6 Å². The first-order chi connectivity index (χ1) is 7.24. The highest BCUT2D eigenvalue weighted by Gasteiger charge is 2.16. The van der Waals surface area contributed by atoms with Gasteiger partial charge in [-0.25, -0.2) is 4.98 Å². The number of halogens is 1. The molecule has 0 aromatic carbocycles. The molecule has 15 heavy (non-hydrogen) atoms. The molecule has 0 aliphatic rings. The third-order valence-electron chi connectivity index (χ3n) is 1.97. The highest BCUT2D eigenvalue weighted by atomic mass is 35.5. The van der Waals surface area contributed by atoms with E-state index >= 15 is 0 Å². The van der Waals surface area contributed by atoms with Crippen LogP contribution in [0.25, 0.3) is 5.65 Å². The van der Waals surface area contributed by atoms with Crippen LogP contribution in [0.15, 0.2) is 18.6 Å². The van der Waals surface area contributed by atoms with Gasteiger partial charge in [0.15, 0.2) is 11.4 Å². The molecule has 0 saturated carbocycles. The van der Waals surface area contributed by atoms with Crippen molar-refractivity contribution in [2.45, 2.75) is 0 Å². The summed E-state index contributed by atoms with van der Waals surface area (Å²) in [7, 11) is 1.70. The average molecular weight is 225 g/mol. The Morgan fingerprint density at radius 3 is 3.13 bits per heavy atom. The van der Waals surface area contributed by atoms with Crippen LogP contribution in [0, 0.1) is 0 Å². The summed E-state index contributed by atoms with van der Waals surface area (Å²) < 4.78 is 1.62. The lowest BCUT2D eigenvalue weighted by Gasteiger charge is -1.95. The van der Waals surface area contributed by atoms with Gasteiger partial charge in [0.1, 0.15) is 10.8 Å². The number of fused-ring (bicyclic) bond motifs is 1. The van der Waals surface area contributed by atoms with Crippen LogP contribution in [0.2, 0.25) is 5.15 Å². The lowest BCUT2D eigenvalue weighted by molar-refractivity contribution is 0.0989. The van der Waals surface area contributed by atoms with Crippen LogP contribution in [-0.4, -0.2) is 33.7 Å². The summed E-state index contributed by atoms with van der Waals surface area (Å²) >= 11 is 6.01. The minimum Gasteiger partial charge on any atom is -0.313 e. The number of carbonyl (C=O) groups excluding carboxylic acids is 1. The van der Waals surface area contributed by atoms with E-state index in [2.05, 4.69) is 15.3 Å². The van der Waals surface area contributed by atoms with Crippen LogP contribution in [0.4, 0.5) is 0 Å². The lowest BCUT2D eigenvalue weighted by Crippen LogP contribution is -2.19. The van der Waals surface area contributed by atoms with Crippen molar-refractivity contribution in [2.24, 2.45) is 0 Å². The van der Waals surface area contributed by atoms with E-state index < -0.39 is 0 Å². The van der Waals surface area contributed by atoms with Gasteiger partial charge in [0.25, 0.3) is 0 Å². The Balaban J connectivity index is 2.53. The van der Waals surface area contributed by atoms with Gasteiger partial charge in [0, 0.05) is 12.4 Å². The van der Waals surface area contributed by atoms with E-state index in [0.717, 1.165) is 0 Å². The maximum absolute atomic E-state index is 11.6. The minimum atomic E-state index is -0.133. The summed E-state index contributed by atoms with van der Waals surface area (Å²) in [5.74, 6) is -0.133. The van der Waals surface area contributed by atoms with Crippen LogP contribution in [0.5, 0.6) is 0 Å². The van der Waals surface area contributed by atoms with Crippen molar-refractivity contribution in [1.29, 1.82) is 0 Å². The third kappa shape index (κ3) is 1.71. The van der Waals surface area contributed by atoms with E-state index in [1.165, 1.54) is 0 Å². The molecule has 0 fully saturated rings. The van der Waals surface area contributed by atoms with Crippen molar-refractivity contribution in [3.05, 3.63) is 29.4 Å². The van der Waals surface area contributed by atoms with Crippen LogP contribution in [-0.2, 0) is 0 Å². The van der Waals surface area contributed by atoms with Crippen molar-refractivity contribution in [2.75, 3.05) is 13.6 Å². The fourth-order valence-corrected chi connectivity index (χ4v) is 1.59. The Labute approximate surface area is 91.1 Å². The Bertz CT molecular complexity index is 508. The number of nitrogens with one attached hydrogen (secondary N) is 1. The number of imidazole rings is 1. The second-order valence-corrected chi connectivity index (χ2v) is 3.37. The van der Waals surface area contributed by atoms with E-state index in [4.69, 9.17) is 11.6 Å². The van der Waals surface area contributed by atoms with E-state index in [-0.39, 0.29) is 18.0 Å². The van der Waals surface area contributed by atoms with Gasteiger partial charge in [-0.2, -0.15) is 0 Å². The van der Waals surface area contributed by atoms with Gasteiger partial charge < -0.3 is 5.32 Å². The predicted octanol–water partition coefficient (Wildman–Crippen LogP) is 0.785. The van der Waals surface area contributed by atoms with E-state index in [9.17, 15) is 4.79 Å². The molecule has 6 heteroatoms. The van der Waals surface area contributed by atoms with Gasteiger partial charge >= 0.3 is 0 Å². The lowest BCUT2D eigenvalue weighted by atomic mass is 10.3. The smallest absolute Gasteiger partial charge is 0.198 e. The molecule has 0 spiro atoms. The molecule has 0 unspecified atom stereocenters. The van der Waals surface area contributed by atoms with E-state index in [1.807, 2.05) is 0 Å². The molecule has 5 nitrogen and oxygen atoms in total. The number of likely N-dealkylation sites (N-methyl/N-ethyl adjacent to an activating group) is 1. The SMILES string of the molecule is CNCC(=O)c1nc2cnccn2c1Cl. The van der Waals surface area contributed by atoms with Crippen molar-refractivity contribution in [3.8, 4) is 0 Å². The quantitative estimate of drug-likeness (QED) is 0.783. The fourth-order valence-electron chi connectivity index (χ4n) is 1.30. The van der Waals surface area contributed by atoms with Crippen molar-refractivity contribution < 1.29 is 4.79 Å². The molecule has 2 heterocycles. The molecule has 0 amide bonds. The van der Waals surface area contributed by atoms with Gasteiger partial charge in [0.2, 0.25) is 0 Å². The third-order valence-corrected chi connectivity index (χ3v) is 2.33. The Kier molecular flexibility index (Phi) is 2.66. The van der Waals surface area contributed by atoms with Crippen LogP contribution < -0.4 is 5.32 Å². The molecule has 2 aromatic heterocycles. The van der Waals surface area contributed by atoms with Gasteiger partial charge in [-0.15, -0.1) is 0 Å². The topological polar surface area (TPSA) is 59.3 Å². The van der Waals surface area contributed by atoms with Crippen LogP contribution in [0.3, 0.4) is 0 Å². The number of rotatable bonds is 3. The van der Waals surface area contributed by atoms with Crippen molar-refractivity contribution >= 4 is 23.0 Å². The summed E-state index contributed by atoms with van der Waals surface area (Å²) in [6.07, 6.45) is 4.82. The molecule has 2 aromatic rings. The summed E-state index contributed by atoms with van der Waals surface area (Å²) in [6.45, 7) is 0.219. The Hall–Kier alpha value is -1.46. The second kappa shape index (κ2) is 3.96. The van der Waals surface area contributed by atoms with Gasteiger partial charge in [-0.3, -0.25) is 14.2 Å². The number of hydrogen-bond acceptors (Lipinski definition) is 4. The van der Waals surface area contributed by atoms with Gasteiger partial charge in [-0.1, -0.05) is 11.6 Å². The Morgan fingerprint density at radius 1 is 1.67 bits per heavy atom. The molecule has 0 saturated heterocycles. The summed E-state index contributed by atoms with van der Waals surface area (Å²) in [6, 6.07) is 0. The monoisotopic (exact) mass is 224 g/mol. The normalized spacial score (nSPS) is 10.8. The first-order valence-corrected chi connectivity index (χ1v) is 4.77. The maximum atomic E-state index is 11.6. The first-order valence-electron chi connectivity index (χ1n) is 4.39. The standard InChI is InChI=1S/C9H9ClN4O/c1-11-4-6(15)8-9(10)14-3-2-12-5-7(14)13-8/h2-3,5,11H,4H2,1H3. The van der Waals surface area contributed by atoms with Gasteiger partial charge in [-0.05, 0) is 7.05 Å². The zero-order chi connectivity index (χ0) is 10.8. The molecule has 2 rings (SSSR count). The van der Waals surface area contributed by atoms with Crippen molar-refractivity contribution in [1.82, 2.24) is 19.7 Å². The summed E-state index contributed by atoms with van der Waals surface area (Å²) in [5, 5.41) is 3.09. The van der Waals surface area contributed by atoms with Gasteiger partial charge in [0.05, 0.1) is 12.7 Å². The van der Waals surface area contributed by atoms with Crippen molar-refractivity contribution in [3.63, 3.8) is 0 Å². The largest absolute Gasteiger partial charge is 0.313 e. The first kappa shape index (κ1) is 10.1. The number of nitrogens with zero attached hydrogens (tertiary/aromatic N) is 3. The zero-order valence-electron chi connectivity index (χ0n) is 8.07. The molecule has 0 atom stereocenters. The van der Waals surface area contributed by atoms with Crippen LogP contribution in [0.1, 0.15) is 10.5 Å². The average Bonchev–Trinajstić information content (AvgIpc) is 2.57. The molecule has 1 N–H and O–H groups in total. The summed E-state index contributed by atoms with van der Waals surface area (Å²) in [4.78, 5) is 19.6. The zero-order valence-corrected chi connectivity index (χ0v) is 8.82. The highest BCUT2D eigenvalue weighted by Crippen LogP contribution is 2.17. The molecule has 0 aliphatic carbocycles. The summed E-state index contributed by atoms with van der Waals surface area (Å²) in [5.41, 5.74) is 0.848. The second-order valence-electron chi connectivity index (χ2n) is 3.01. The molecule has 0 bridgehead atoms. The van der Waals surface area contributed by atoms with E-state index in [1.54, 1.807) is 30.0 Å². The fraction of sp³-hybridized carbons (Fsp3) is 0.222. The number of Topliss-reactive ketones (excluding diaryl/α,β-unsaturated/α-hetero) is 1. The molecule has 0 radical (unpaired) electrons. The number of hydrogen-bond donors (Lipinski definition) is 1. The molecular weight excluding hydrogens is 216 g/mol.